The standard InChI is InChI=1S/C18H21F3N6/c1-24-10-14(17(23-24)18(19,20)21)11-25-6-8-26(9-7-25)12-15-13-27-5-3-2-4-16(27)22-15/h2-5,10,13H,6-9,11-12H2,1H3. The monoisotopic (exact) mass is 378 g/mol. The summed E-state index contributed by atoms with van der Waals surface area (Å²) in [7, 11) is 1.52. The van der Waals surface area contributed by atoms with Gasteiger partial charge in [-0.1, -0.05) is 6.07 Å². The van der Waals surface area contributed by atoms with Gasteiger partial charge in [-0.05, 0) is 12.1 Å². The lowest BCUT2D eigenvalue weighted by atomic mass is 10.2. The fraction of sp³-hybridized carbons (Fsp3) is 0.444. The van der Waals surface area contributed by atoms with Crippen molar-refractivity contribution in [3.8, 4) is 0 Å². The fourth-order valence-electron chi connectivity index (χ4n) is 3.53. The lowest BCUT2D eigenvalue weighted by Gasteiger charge is -2.34. The molecule has 1 aliphatic rings. The number of aromatic nitrogens is 4. The largest absolute Gasteiger partial charge is 0.435 e. The van der Waals surface area contributed by atoms with E-state index in [1.807, 2.05) is 39.9 Å². The van der Waals surface area contributed by atoms with Crippen molar-refractivity contribution in [3.63, 3.8) is 0 Å². The van der Waals surface area contributed by atoms with Gasteiger partial charge in [0.25, 0.3) is 0 Å². The molecule has 1 aliphatic heterocycles. The van der Waals surface area contributed by atoms with Gasteiger partial charge in [0.05, 0.1) is 5.69 Å². The van der Waals surface area contributed by atoms with Gasteiger partial charge in [0, 0.05) is 70.5 Å². The first kappa shape index (κ1) is 18.0. The molecule has 3 aromatic heterocycles. The Hall–Kier alpha value is -2.39. The molecule has 0 unspecified atom stereocenters. The minimum Gasteiger partial charge on any atom is -0.307 e. The molecule has 3 aromatic rings. The SMILES string of the molecule is Cn1cc(CN2CCN(Cc3cn4ccccc4n3)CC2)c(C(F)(F)F)n1. The lowest BCUT2D eigenvalue weighted by molar-refractivity contribution is -0.142. The molecule has 1 fully saturated rings. The molecule has 0 atom stereocenters. The molecule has 0 N–H and O–H groups in total. The maximum absolute atomic E-state index is 13.1. The van der Waals surface area contributed by atoms with Crippen LogP contribution < -0.4 is 0 Å². The number of fused-ring (bicyclic) bond motifs is 1. The predicted molar refractivity (Wildman–Crippen MR) is 94.0 cm³/mol. The molecule has 144 valence electrons. The molecule has 0 saturated carbocycles. The highest BCUT2D eigenvalue weighted by Crippen LogP contribution is 2.31. The van der Waals surface area contributed by atoms with Crippen LogP contribution in [0.2, 0.25) is 0 Å². The van der Waals surface area contributed by atoms with Crippen LogP contribution >= 0.6 is 0 Å². The van der Waals surface area contributed by atoms with Gasteiger partial charge in [-0.2, -0.15) is 18.3 Å². The number of nitrogens with zero attached hydrogens (tertiary/aromatic N) is 6. The lowest BCUT2D eigenvalue weighted by Crippen LogP contribution is -2.45. The number of hydrogen-bond donors (Lipinski definition) is 0. The minimum atomic E-state index is -4.42. The predicted octanol–water partition coefficient (Wildman–Crippen LogP) is 2.40. The summed E-state index contributed by atoms with van der Waals surface area (Å²) in [5.74, 6) is 0. The third kappa shape index (κ3) is 3.98. The molecule has 0 radical (unpaired) electrons. The topological polar surface area (TPSA) is 41.6 Å². The van der Waals surface area contributed by atoms with Crippen molar-refractivity contribution in [3.05, 3.63) is 53.7 Å². The summed E-state index contributed by atoms with van der Waals surface area (Å²) >= 11 is 0. The van der Waals surface area contributed by atoms with E-state index in [9.17, 15) is 13.2 Å². The fourth-order valence-corrected chi connectivity index (χ4v) is 3.53. The van der Waals surface area contributed by atoms with Crippen molar-refractivity contribution < 1.29 is 13.2 Å². The highest BCUT2D eigenvalue weighted by Gasteiger charge is 2.37. The van der Waals surface area contributed by atoms with Crippen LogP contribution in [0.4, 0.5) is 13.2 Å². The number of hydrogen-bond acceptors (Lipinski definition) is 4. The number of halogens is 3. The molecule has 9 heteroatoms. The van der Waals surface area contributed by atoms with Gasteiger partial charge in [0.2, 0.25) is 0 Å². The van der Waals surface area contributed by atoms with E-state index < -0.39 is 11.9 Å². The summed E-state index contributed by atoms with van der Waals surface area (Å²) in [6.07, 6.45) is 1.04. The van der Waals surface area contributed by atoms with Crippen LogP contribution in [0.3, 0.4) is 0 Å². The van der Waals surface area contributed by atoms with Crippen molar-refractivity contribution in [1.29, 1.82) is 0 Å². The van der Waals surface area contributed by atoms with Crippen molar-refractivity contribution >= 4 is 5.65 Å². The molecule has 0 aliphatic carbocycles. The van der Waals surface area contributed by atoms with Gasteiger partial charge in [0.15, 0.2) is 5.69 Å². The van der Waals surface area contributed by atoms with Gasteiger partial charge in [-0.15, -0.1) is 0 Å². The Labute approximate surface area is 154 Å². The van der Waals surface area contributed by atoms with Crippen molar-refractivity contribution in [2.24, 2.45) is 7.05 Å². The normalized spacial score (nSPS) is 17.0. The first-order chi connectivity index (χ1) is 12.9. The Morgan fingerprint density at radius 1 is 1.00 bits per heavy atom. The van der Waals surface area contributed by atoms with Gasteiger partial charge in [0.1, 0.15) is 5.65 Å². The van der Waals surface area contributed by atoms with Gasteiger partial charge in [-0.3, -0.25) is 14.5 Å². The van der Waals surface area contributed by atoms with E-state index >= 15 is 0 Å². The smallest absolute Gasteiger partial charge is 0.307 e. The van der Waals surface area contributed by atoms with Crippen molar-refractivity contribution in [1.82, 2.24) is 29.0 Å². The number of alkyl halides is 3. The molecular weight excluding hydrogens is 357 g/mol. The van der Waals surface area contributed by atoms with E-state index in [1.54, 1.807) is 0 Å². The van der Waals surface area contributed by atoms with Crippen molar-refractivity contribution in [2.75, 3.05) is 26.2 Å². The molecule has 1 saturated heterocycles. The highest BCUT2D eigenvalue weighted by molar-refractivity contribution is 5.39. The van der Waals surface area contributed by atoms with E-state index in [-0.39, 0.29) is 12.1 Å². The summed E-state index contributed by atoms with van der Waals surface area (Å²) in [6, 6.07) is 5.89. The number of rotatable bonds is 4. The molecule has 27 heavy (non-hydrogen) atoms. The van der Waals surface area contributed by atoms with E-state index in [2.05, 4.69) is 15.0 Å². The summed E-state index contributed by atoms with van der Waals surface area (Å²) < 4.78 is 42.5. The zero-order valence-corrected chi connectivity index (χ0v) is 15.0. The first-order valence-corrected chi connectivity index (χ1v) is 8.85. The molecule has 0 bridgehead atoms. The molecule has 0 aromatic carbocycles. The summed E-state index contributed by atoms with van der Waals surface area (Å²) in [5, 5.41) is 3.58. The summed E-state index contributed by atoms with van der Waals surface area (Å²) in [5.41, 5.74) is 1.37. The molecule has 0 spiro atoms. The number of aryl methyl sites for hydroxylation is 1. The minimum absolute atomic E-state index is 0.235. The maximum atomic E-state index is 13.1. The van der Waals surface area contributed by atoms with E-state index in [0.717, 1.165) is 44.1 Å². The number of imidazole rings is 1. The molecular formula is C18H21F3N6. The average molecular weight is 378 g/mol. The second-order valence-electron chi connectivity index (χ2n) is 6.93. The van der Waals surface area contributed by atoms with Gasteiger partial charge in [-0.25, -0.2) is 4.98 Å². The molecule has 4 heterocycles. The van der Waals surface area contributed by atoms with Gasteiger partial charge < -0.3 is 4.40 Å². The van der Waals surface area contributed by atoms with E-state index in [1.165, 1.54) is 17.9 Å². The van der Waals surface area contributed by atoms with Crippen LogP contribution in [-0.4, -0.2) is 55.1 Å². The highest BCUT2D eigenvalue weighted by atomic mass is 19.4. The quantitative estimate of drug-likeness (QED) is 0.699. The average Bonchev–Trinajstić information content (AvgIpc) is 3.19. The zero-order valence-electron chi connectivity index (χ0n) is 15.0. The first-order valence-electron chi connectivity index (χ1n) is 8.85. The van der Waals surface area contributed by atoms with Crippen LogP contribution in [0.15, 0.2) is 36.8 Å². The second kappa shape index (κ2) is 6.97. The Morgan fingerprint density at radius 2 is 1.70 bits per heavy atom. The van der Waals surface area contributed by atoms with Gasteiger partial charge >= 0.3 is 6.18 Å². The Morgan fingerprint density at radius 3 is 2.37 bits per heavy atom. The second-order valence-corrected chi connectivity index (χ2v) is 6.93. The van der Waals surface area contributed by atoms with Crippen LogP contribution in [0.1, 0.15) is 17.0 Å². The number of pyridine rings is 1. The maximum Gasteiger partial charge on any atom is 0.435 e. The summed E-state index contributed by atoms with van der Waals surface area (Å²) in [6.45, 7) is 4.06. The third-order valence-electron chi connectivity index (χ3n) is 4.83. The Bertz CT molecular complexity index is 888. The molecule has 4 rings (SSSR count). The third-order valence-corrected chi connectivity index (χ3v) is 4.83. The van der Waals surface area contributed by atoms with E-state index in [0.29, 0.717) is 0 Å². The van der Waals surface area contributed by atoms with Crippen LogP contribution in [-0.2, 0) is 26.3 Å². The Balaban J connectivity index is 1.35. The number of piperazine rings is 1. The van der Waals surface area contributed by atoms with Crippen LogP contribution in [0.5, 0.6) is 0 Å². The summed E-state index contributed by atoms with van der Waals surface area (Å²) in [4.78, 5) is 8.94. The Kier molecular flexibility index (Phi) is 4.65. The van der Waals surface area contributed by atoms with Crippen molar-refractivity contribution in [2.45, 2.75) is 19.3 Å². The molecule has 6 nitrogen and oxygen atoms in total. The molecule has 0 amide bonds. The van der Waals surface area contributed by atoms with E-state index in [4.69, 9.17) is 0 Å². The van der Waals surface area contributed by atoms with Crippen LogP contribution in [0.25, 0.3) is 5.65 Å². The van der Waals surface area contributed by atoms with Crippen LogP contribution in [0, 0.1) is 0 Å². The zero-order chi connectivity index (χ0) is 19.0.